The molecule has 0 fully saturated rings. The Morgan fingerprint density at radius 2 is 2.16 bits per heavy atom. The Balaban J connectivity index is 2.04. The molecular formula is C14H18N2O2S. The lowest BCUT2D eigenvalue weighted by Gasteiger charge is -2.21. The molecule has 0 aromatic heterocycles. The molecule has 1 aliphatic heterocycles. The lowest BCUT2D eigenvalue weighted by molar-refractivity contribution is -0.118. The number of unbranched alkanes of at least 4 members (excludes halogenated alkanes) is 1. The van der Waals surface area contributed by atoms with Crippen LogP contribution in [0.1, 0.15) is 25.7 Å². The first kappa shape index (κ1) is 13.8. The van der Waals surface area contributed by atoms with E-state index in [1.54, 1.807) is 0 Å². The number of rotatable bonds is 5. The Morgan fingerprint density at radius 1 is 1.37 bits per heavy atom. The van der Waals surface area contributed by atoms with Crippen molar-refractivity contribution in [2.24, 2.45) is 5.73 Å². The second-order valence-corrected chi connectivity index (χ2v) is 5.06. The summed E-state index contributed by atoms with van der Waals surface area (Å²) in [4.78, 5) is 14.4. The molecule has 1 heterocycles. The van der Waals surface area contributed by atoms with E-state index in [0.717, 1.165) is 30.7 Å². The van der Waals surface area contributed by atoms with Crippen molar-refractivity contribution in [1.82, 2.24) is 0 Å². The van der Waals surface area contributed by atoms with Gasteiger partial charge in [0.25, 0.3) is 0 Å². The van der Waals surface area contributed by atoms with Gasteiger partial charge in [-0.3, -0.25) is 4.79 Å². The first-order valence-electron chi connectivity index (χ1n) is 6.49. The third kappa shape index (κ3) is 3.67. The van der Waals surface area contributed by atoms with Crippen molar-refractivity contribution >= 4 is 28.8 Å². The molecule has 0 saturated carbocycles. The Kier molecular flexibility index (Phi) is 4.74. The molecule has 1 aromatic rings. The van der Waals surface area contributed by atoms with Crippen molar-refractivity contribution in [3.8, 4) is 5.75 Å². The SMILES string of the molecule is NC(=S)CCCCN1C(=O)CCOc2ccccc21. The number of carbonyl (C=O) groups is 1. The number of hydrogen-bond donors (Lipinski definition) is 1. The molecule has 0 aliphatic carbocycles. The van der Waals surface area contributed by atoms with Crippen LogP contribution in [0.5, 0.6) is 5.75 Å². The zero-order chi connectivity index (χ0) is 13.7. The number of hydrogen-bond acceptors (Lipinski definition) is 3. The van der Waals surface area contributed by atoms with Gasteiger partial charge in [0.1, 0.15) is 5.75 Å². The van der Waals surface area contributed by atoms with Crippen LogP contribution < -0.4 is 15.4 Å². The minimum absolute atomic E-state index is 0.111. The van der Waals surface area contributed by atoms with E-state index in [9.17, 15) is 4.79 Å². The zero-order valence-corrected chi connectivity index (χ0v) is 11.6. The van der Waals surface area contributed by atoms with Gasteiger partial charge in [0.05, 0.1) is 23.7 Å². The Hall–Kier alpha value is -1.62. The summed E-state index contributed by atoms with van der Waals surface area (Å²) in [6, 6.07) is 7.66. The van der Waals surface area contributed by atoms with Crippen LogP contribution in [-0.4, -0.2) is 24.0 Å². The molecule has 0 radical (unpaired) electrons. The van der Waals surface area contributed by atoms with E-state index in [1.807, 2.05) is 29.2 Å². The second-order valence-electron chi connectivity index (χ2n) is 4.53. The highest BCUT2D eigenvalue weighted by Crippen LogP contribution is 2.31. The van der Waals surface area contributed by atoms with Crippen molar-refractivity contribution in [2.75, 3.05) is 18.1 Å². The molecule has 1 amide bonds. The van der Waals surface area contributed by atoms with Gasteiger partial charge in [0.2, 0.25) is 5.91 Å². The molecular weight excluding hydrogens is 260 g/mol. The van der Waals surface area contributed by atoms with E-state index >= 15 is 0 Å². The fraction of sp³-hybridized carbons (Fsp3) is 0.429. The van der Waals surface area contributed by atoms with Crippen LogP contribution in [0.25, 0.3) is 0 Å². The van der Waals surface area contributed by atoms with Crippen LogP contribution in [-0.2, 0) is 4.79 Å². The Morgan fingerprint density at radius 3 is 2.95 bits per heavy atom. The van der Waals surface area contributed by atoms with Crippen molar-refractivity contribution in [3.63, 3.8) is 0 Å². The summed E-state index contributed by atoms with van der Waals surface area (Å²) in [5.74, 6) is 0.892. The molecule has 1 aromatic carbocycles. The topological polar surface area (TPSA) is 55.6 Å². The van der Waals surface area contributed by atoms with Crippen molar-refractivity contribution in [3.05, 3.63) is 24.3 Å². The summed E-state index contributed by atoms with van der Waals surface area (Å²) < 4.78 is 5.59. The molecule has 2 rings (SSSR count). The van der Waals surface area contributed by atoms with Gasteiger partial charge in [-0.25, -0.2) is 0 Å². The molecule has 0 atom stereocenters. The van der Waals surface area contributed by atoms with Gasteiger partial charge in [0, 0.05) is 6.54 Å². The number of thiocarbonyl (C=S) groups is 1. The fourth-order valence-corrected chi connectivity index (χ4v) is 2.28. The molecule has 19 heavy (non-hydrogen) atoms. The van der Waals surface area contributed by atoms with Crippen LogP contribution >= 0.6 is 12.2 Å². The van der Waals surface area contributed by atoms with Gasteiger partial charge in [-0.15, -0.1) is 0 Å². The maximum absolute atomic E-state index is 12.1. The number of ether oxygens (including phenoxy) is 1. The van der Waals surface area contributed by atoms with E-state index in [-0.39, 0.29) is 5.91 Å². The Bertz CT molecular complexity index is 476. The second kappa shape index (κ2) is 6.52. The summed E-state index contributed by atoms with van der Waals surface area (Å²) in [5.41, 5.74) is 6.33. The van der Waals surface area contributed by atoms with Crippen molar-refractivity contribution in [2.45, 2.75) is 25.7 Å². The third-order valence-corrected chi connectivity index (χ3v) is 3.29. The number of carbonyl (C=O) groups excluding carboxylic acids is 1. The summed E-state index contributed by atoms with van der Waals surface area (Å²) in [5, 5.41) is 0. The molecule has 1 aliphatic rings. The molecule has 0 unspecified atom stereocenters. The Labute approximate surface area is 118 Å². The zero-order valence-electron chi connectivity index (χ0n) is 10.8. The van der Waals surface area contributed by atoms with E-state index in [4.69, 9.17) is 22.7 Å². The van der Waals surface area contributed by atoms with Crippen molar-refractivity contribution < 1.29 is 9.53 Å². The number of nitrogens with zero attached hydrogens (tertiary/aromatic N) is 1. The number of para-hydroxylation sites is 2. The van der Waals surface area contributed by atoms with E-state index in [0.29, 0.717) is 24.6 Å². The van der Waals surface area contributed by atoms with E-state index in [1.165, 1.54) is 0 Å². The molecule has 0 spiro atoms. The smallest absolute Gasteiger partial charge is 0.230 e. The number of fused-ring (bicyclic) bond motifs is 1. The number of amides is 1. The van der Waals surface area contributed by atoms with Crippen LogP contribution in [0.4, 0.5) is 5.69 Å². The molecule has 5 heteroatoms. The monoisotopic (exact) mass is 278 g/mol. The normalized spacial score (nSPS) is 14.5. The van der Waals surface area contributed by atoms with Crippen LogP contribution in [0.3, 0.4) is 0 Å². The van der Waals surface area contributed by atoms with E-state index < -0.39 is 0 Å². The lowest BCUT2D eigenvalue weighted by atomic mass is 10.2. The number of benzene rings is 1. The highest BCUT2D eigenvalue weighted by Gasteiger charge is 2.22. The quantitative estimate of drug-likeness (QED) is 0.663. The number of anilines is 1. The van der Waals surface area contributed by atoms with Crippen molar-refractivity contribution in [1.29, 1.82) is 0 Å². The summed E-state index contributed by atoms with van der Waals surface area (Å²) in [7, 11) is 0. The van der Waals surface area contributed by atoms with Gasteiger partial charge >= 0.3 is 0 Å². The van der Waals surface area contributed by atoms with Crippen LogP contribution in [0, 0.1) is 0 Å². The molecule has 0 saturated heterocycles. The standard InChI is InChI=1S/C14H18N2O2S/c15-13(19)7-3-4-9-16-11-5-1-2-6-12(11)18-10-8-14(16)17/h1-2,5-6H,3-4,7-10H2,(H2,15,19). The number of nitrogens with two attached hydrogens (primary N) is 1. The van der Waals surface area contributed by atoms with Gasteiger partial charge in [-0.05, 0) is 31.4 Å². The van der Waals surface area contributed by atoms with Crippen LogP contribution in [0.2, 0.25) is 0 Å². The first-order chi connectivity index (χ1) is 9.18. The maximum Gasteiger partial charge on any atom is 0.230 e. The van der Waals surface area contributed by atoms with Gasteiger partial charge in [-0.1, -0.05) is 24.4 Å². The van der Waals surface area contributed by atoms with Gasteiger partial charge in [0.15, 0.2) is 0 Å². The summed E-state index contributed by atoms with van der Waals surface area (Å²) >= 11 is 4.85. The minimum atomic E-state index is 0.111. The summed E-state index contributed by atoms with van der Waals surface area (Å²) in [6.45, 7) is 1.13. The van der Waals surface area contributed by atoms with Gasteiger partial charge < -0.3 is 15.4 Å². The average Bonchev–Trinajstić information content (AvgIpc) is 2.54. The minimum Gasteiger partial charge on any atom is -0.491 e. The fourth-order valence-electron chi connectivity index (χ4n) is 2.13. The van der Waals surface area contributed by atoms with Crippen LogP contribution in [0.15, 0.2) is 24.3 Å². The predicted molar refractivity (Wildman–Crippen MR) is 79.5 cm³/mol. The molecule has 0 bridgehead atoms. The first-order valence-corrected chi connectivity index (χ1v) is 6.90. The van der Waals surface area contributed by atoms with E-state index in [2.05, 4.69) is 0 Å². The predicted octanol–water partition coefficient (Wildman–Crippen LogP) is 2.26. The molecule has 4 nitrogen and oxygen atoms in total. The molecule has 2 N–H and O–H groups in total. The molecule has 102 valence electrons. The van der Waals surface area contributed by atoms with Gasteiger partial charge in [-0.2, -0.15) is 0 Å². The maximum atomic E-state index is 12.1. The highest BCUT2D eigenvalue weighted by molar-refractivity contribution is 7.80. The third-order valence-electron chi connectivity index (χ3n) is 3.09. The lowest BCUT2D eigenvalue weighted by Crippen LogP contribution is -2.31. The summed E-state index contributed by atoms with van der Waals surface area (Å²) in [6.07, 6.45) is 2.94. The average molecular weight is 278 g/mol. The largest absolute Gasteiger partial charge is 0.491 e. The highest BCUT2D eigenvalue weighted by atomic mass is 32.1.